The molecule has 0 aliphatic carbocycles. The van der Waals surface area contributed by atoms with Gasteiger partial charge in [0.15, 0.2) is 0 Å². The van der Waals surface area contributed by atoms with Crippen molar-refractivity contribution >= 4 is 17.5 Å². The van der Waals surface area contributed by atoms with Gasteiger partial charge in [-0.25, -0.2) is 0 Å². The molecule has 0 bridgehead atoms. The molecule has 6 heteroatoms. The lowest BCUT2D eigenvalue weighted by molar-refractivity contribution is -0.118. The zero-order valence-corrected chi connectivity index (χ0v) is 15.1. The second-order valence-electron chi connectivity index (χ2n) is 6.47. The van der Waals surface area contributed by atoms with Gasteiger partial charge in [-0.2, -0.15) is 5.10 Å². The quantitative estimate of drug-likeness (QED) is 0.770. The third kappa shape index (κ3) is 3.23. The van der Waals surface area contributed by atoms with Crippen molar-refractivity contribution in [2.24, 2.45) is 0 Å². The van der Waals surface area contributed by atoms with Gasteiger partial charge in [-0.05, 0) is 18.7 Å². The number of hydrogen-bond acceptors (Lipinski definition) is 3. The summed E-state index contributed by atoms with van der Waals surface area (Å²) in [6, 6.07) is 17.8. The van der Waals surface area contributed by atoms with Gasteiger partial charge < -0.3 is 5.32 Å². The van der Waals surface area contributed by atoms with Crippen molar-refractivity contribution in [3.8, 4) is 11.3 Å². The predicted molar refractivity (Wildman–Crippen MR) is 102 cm³/mol. The van der Waals surface area contributed by atoms with Crippen molar-refractivity contribution in [1.29, 1.82) is 0 Å². The molecule has 2 aromatic carbocycles. The minimum Gasteiger partial charge on any atom is -0.335 e. The fraction of sp³-hybridized carbons (Fsp3) is 0.200. The van der Waals surface area contributed by atoms with Crippen LogP contribution >= 0.6 is 11.6 Å². The van der Waals surface area contributed by atoms with E-state index in [0.717, 1.165) is 27.4 Å². The Labute approximate surface area is 157 Å². The number of nitrogens with one attached hydrogen (secondary N) is 1. The van der Waals surface area contributed by atoms with E-state index in [2.05, 4.69) is 5.32 Å². The first-order valence-electron chi connectivity index (χ1n) is 8.47. The van der Waals surface area contributed by atoms with Gasteiger partial charge in [0, 0.05) is 22.3 Å². The second kappa shape index (κ2) is 6.94. The molecule has 26 heavy (non-hydrogen) atoms. The molecule has 0 spiro atoms. The number of likely N-dealkylation sites (N-methyl/N-ethyl adjacent to an activating group) is 1. The van der Waals surface area contributed by atoms with E-state index in [1.165, 1.54) is 0 Å². The molecule has 1 fully saturated rings. The molecule has 3 aromatic rings. The van der Waals surface area contributed by atoms with Gasteiger partial charge in [0.25, 0.3) is 0 Å². The molecular formula is C20H19ClN4O. The molecule has 1 atom stereocenters. The number of rotatable bonds is 4. The van der Waals surface area contributed by atoms with E-state index in [1.807, 2.05) is 77.4 Å². The van der Waals surface area contributed by atoms with Crippen LogP contribution in [0.3, 0.4) is 0 Å². The molecule has 1 amide bonds. The highest BCUT2D eigenvalue weighted by Gasteiger charge is 2.31. The Hall–Kier alpha value is -2.63. The van der Waals surface area contributed by atoms with Crippen LogP contribution in [0.5, 0.6) is 0 Å². The lowest BCUT2D eigenvalue weighted by Gasteiger charge is -2.18. The number of benzene rings is 2. The summed E-state index contributed by atoms with van der Waals surface area (Å²) in [5, 5.41) is 8.55. The Balaban J connectivity index is 1.75. The van der Waals surface area contributed by atoms with Crippen LogP contribution in [0.25, 0.3) is 11.3 Å². The summed E-state index contributed by atoms with van der Waals surface area (Å²) in [4.78, 5) is 13.8. The fourth-order valence-electron chi connectivity index (χ4n) is 3.28. The largest absolute Gasteiger partial charge is 0.335 e. The van der Waals surface area contributed by atoms with E-state index in [9.17, 15) is 4.79 Å². The summed E-state index contributed by atoms with van der Waals surface area (Å²) < 4.78 is 1.89. The summed E-state index contributed by atoms with van der Waals surface area (Å²) in [5.41, 5.74) is 3.88. The standard InChI is InChI=1S/C20H19ClN4O/c1-24-13-18(26)22-20(24)16-12-25(11-15-9-5-6-10-17(15)21)23-19(16)14-7-3-2-4-8-14/h2-10,12,20H,11,13H2,1H3,(H,22,26)/t20-/m1/s1. The molecular weight excluding hydrogens is 348 g/mol. The third-order valence-corrected chi connectivity index (χ3v) is 4.92. The maximum atomic E-state index is 11.8. The molecule has 132 valence electrons. The minimum absolute atomic E-state index is 0.0235. The number of halogens is 1. The first-order valence-corrected chi connectivity index (χ1v) is 8.85. The number of amides is 1. The highest BCUT2D eigenvalue weighted by atomic mass is 35.5. The number of hydrogen-bond donors (Lipinski definition) is 1. The normalized spacial score (nSPS) is 17.5. The first kappa shape index (κ1) is 16.8. The molecule has 0 radical (unpaired) electrons. The van der Waals surface area contributed by atoms with Crippen LogP contribution in [-0.2, 0) is 11.3 Å². The number of aromatic nitrogens is 2. The SMILES string of the molecule is CN1CC(=O)N[C@H]1c1cn(Cc2ccccc2Cl)nc1-c1ccccc1. The van der Waals surface area contributed by atoms with Gasteiger partial charge in [-0.15, -0.1) is 0 Å². The Morgan fingerprint density at radius 2 is 1.88 bits per heavy atom. The molecule has 2 heterocycles. The molecule has 1 saturated heterocycles. The summed E-state index contributed by atoms with van der Waals surface area (Å²) >= 11 is 6.30. The van der Waals surface area contributed by atoms with Crippen LogP contribution in [0, 0.1) is 0 Å². The molecule has 1 aromatic heterocycles. The molecule has 0 saturated carbocycles. The second-order valence-corrected chi connectivity index (χ2v) is 6.88. The molecule has 0 unspecified atom stereocenters. The van der Waals surface area contributed by atoms with Crippen LogP contribution in [-0.4, -0.2) is 34.2 Å². The average Bonchev–Trinajstić information content (AvgIpc) is 3.20. The van der Waals surface area contributed by atoms with Crippen LogP contribution in [0.15, 0.2) is 60.8 Å². The van der Waals surface area contributed by atoms with Crippen LogP contribution in [0.1, 0.15) is 17.3 Å². The summed E-state index contributed by atoms with van der Waals surface area (Å²) in [5.74, 6) is 0.0235. The van der Waals surface area contributed by atoms with Crippen molar-refractivity contribution in [3.05, 3.63) is 76.9 Å². The topological polar surface area (TPSA) is 50.2 Å². The minimum atomic E-state index is -0.183. The maximum absolute atomic E-state index is 11.8. The smallest absolute Gasteiger partial charge is 0.235 e. The average molecular weight is 367 g/mol. The highest BCUT2D eigenvalue weighted by Crippen LogP contribution is 2.31. The Morgan fingerprint density at radius 1 is 1.15 bits per heavy atom. The van der Waals surface area contributed by atoms with E-state index < -0.39 is 0 Å². The van der Waals surface area contributed by atoms with E-state index in [-0.39, 0.29) is 12.1 Å². The summed E-state index contributed by atoms with van der Waals surface area (Å²) in [7, 11) is 1.93. The summed E-state index contributed by atoms with van der Waals surface area (Å²) in [6.07, 6.45) is 1.82. The van der Waals surface area contributed by atoms with Gasteiger partial charge in [0.1, 0.15) is 6.17 Å². The molecule has 4 rings (SSSR count). The maximum Gasteiger partial charge on any atom is 0.235 e. The van der Waals surface area contributed by atoms with E-state index in [4.69, 9.17) is 16.7 Å². The number of carbonyl (C=O) groups excluding carboxylic acids is 1. The zero-order chi connectivity index (χ0) is 18.1. The van der Waals surface area contributed by atoms with Crippen molar-refractivity contribution in [2.45, 2.75) is 12.7 Å². The lowest BCUT2D eigenvalue weighted by Crippen LogP contribution is -2.24. The van der Waals surface area contributed by atoms with Gasteiger partial charge in [-0.1, -0.05) is 60.1 Å². The number of nitrogens with zero attached hydrogens (tertiary/aromatic N) is 3. The van der Waals surface area contributed by atoms with Gasteiger partial charge in [0.2, 0.25) is 5.91 Å². The van der Waals surface area contributed by atoms with Crippen molar-refractivity contribution < 1.29 is 4.79 Å². The Morgan fingerprint density at radius 3 is 2.58 bits per heavy atom. The molecule has 1 N–H and O–H groups in total. The lowest BCUT2D eigenvalue weighted by atomic mass is 10.1. The van der Waals surface area contributed by atoms with Gasteiger partial charge in [-0.3, -0.25) is 14.4 Å². The van der Waals surface area contributed by atoms with E-state index >= 15 is 0 Å². The van der Waals surface area contributed by atoms with Crippen LogP contribution in [0.2, 0.25) is 5.02 Å². The number of carbonyl (C=O) groups is 1. The van der Waals surface area contributed by atoms with E-state index in [0.29, 0.717) is 13.1 Å². The summed E-state index contributed by atoms with van der Waals surface area (Å²) in [6.45, 7) is 0.957. The molecule has 1 aliphatic heterocycles. The monoisotopic (exact) mass is 366 g/mol. The Bertz CT molecular complexity index is 938. The van der Waals surface area contributed by atoms with Gasteiger partial charge >= 0.3 is 0 Å². The Kier molecular flexibility index (Phi) is 4.49. The fourth-order valence-corrected chi connectivity index (χ4v) is 3.48. The van der Waals surface area contributed by atoms with Gasteiger partial charge in [0.05, 0.1) is 18.8 Å². The molecule has 5 nitrogen and oxygen atoms in total. The third-order valence-electron chi connectivity index (χ3n) is 4.55. The van der Waals surface area contributed by atoms with Crippen LogP contribution in [0.4, 0.5) is 0 Å². The predicted octanol–water partition coefficient (Wildman–Crippen LogP) is 3.31. The highest BCUT2D eigenvalue weighted by molar-refractivity contribution is 6.31. The van der Waals surface area contributed by atoms with Crippen molar-refractivity contribution in [1.82, 2.24) is 20.0 Å². The van der Waals surface area contributed by atoms with Crippen molar-refractivity contribution in [2.75, 3.05) is 13.6 Å². The van der Waals surface area contributed by atoms with Crippen molar-refractivity contribution in [3.63, 3.8) is 0 Å². The van der Waals surface area contributed by atoms with E-state index in [1.54, 1.807) is 0 Å². The van der Waals surface area contributed by atoms with Crippen LogP contribution < -0.4 is 5.32 Å². The zero-order valence-electron chi connectivity index (χ0n) is 14.4. The molecule has 1 aliphatic rings. The first-order chi connectivity index (χ1) is 12.6.